The standard InChI is InChI=1S/C13H14ClN3O/c1-3-17-8-11(14)12(16-17)13(18)15-10-6-4-9(2)5-7-10/h4-8H,3H2,1-2H3,(H,15,18). The molecule has 94 valence electrons. The number of aryl methyl sites for hydroxylation is 2. The van der Waals surface area contributed by atoms with Gasteiger partial charge >= 0.3 is 0 Å². The molecule has 5 heteroatoms. The van der Waals surface area contributed by atoms with Crippen molar-refractivity contribution in [2.75, 3.05) is 5.32 Å². The van der Waals surface area contributed by atoms with Crippen molar-refractivity contribution in [2.24, 2.45) is 0 Å². The van der Waals surface area contributed by atoms with Crippen molar-refractivity contribution >= 4 is 23.2 Å². The summed E-state index contributed by atoms with van der Waals surface area (Å²) in [6.45, 7) is 4.61. The molecule has 0 saturated carbocycles. The number of amides is 1. The third-order valence-electron chi connectivity index (χ3n) is 2.57. The predicted octanol–water partition coefficient (Wildman–Crippen LogP) is 3.12. The lowest BCUT2D eigenvalue weighted by atomic mass is 10.2. The second kappa shape index (κ2) is 5.23. The van der Waals surface area contributed by atoms with Crippen LogP contribution in [0.1, 0.15) is 23.0 Å². The summed E-state index contributed by atoms with van der Waals surface area (Å²) in [5.74, 6) is -0.295. The lowest BCUT2D eigenvalue weighted by Crippen LogP contribution is -2.13. The quantitative estimate of drug-likeness (QED) is 0.925. The average Bonchev–Trinajstić information content (AvgIpc) is 2.73. The molecule has 1 amide bonds. The Hall–Kier alpha value is -1.81. The monoisotopic (exact) mass is 263 g/mol. The number of rotatable bonds is 3. The molecule has 1 aromatic heterocycles. The van der Waals surface area contributed by atoms with Crippen LogP contribution < -0.4 is 5.32 Å². The van der Waals surface area contributed by atoms with Gasteiger partial charge in [-0.1, -0.05) is 29.3 Å². The third kappa shape index (κ3) is 2.71. The second-order valence-electron chi connectivity index (χ2n) is 4.00. The van der Waals surface area contributed by atoms with Gasteiger partial charge in [-0.2, -0.15) is 5.10 Å². The van der Waals surface area contributed by atoms with Crippen molar-refractivity contribution in [3.63, 3.8) is 0 Å². The largest absolute Gasteiger partial charge is 0.321 e. The van der Waals surface area contributed by atoms with Crippen molar-refractivity contribution in [1.82, 2.24) is 9.78 Å². The summed E-state index contributed by atoms with van der Waals surface area (Å²) >= 11 is 5.97. The van der Waals surface area contributed by atoms with Crippen LogP contribution in [-0.4, -0.2) is 15.7 Å². The number of carbonyl (C=O) groups is 1. The number of benzene rings is 1. The molecule has 1 heterocycles. The molecule has 1 aromatic carbocycles. The van der Waals surface area contributed by atoms with Crippen LogP contribution >= 0.6 is 11.6 Å². The Bertz CT molecular complexity index is 560. The maximum absolute atomic E-state index is 12.0. The Kier molecular flexibility index (Phi) is 3.67. The molecule has 0 aliphatic heterocycles. The number of nitrogens with one attached hydrogen (secondary N) is 1. The van der Waals surface area contributed by atoms with Crippen LogP contribution in [0.3, 0.4) is 0 Å². The highest BCUT2D eigenvalue weighted by Crippen LogP contribution is 2.16. The van der Waals surface area contributed by atoms with Gasteiger partial charge in [0.25, 0.3) is 5.91 Å². The first kappa shape index (κ1) is 12.6. The molecule has 0 bridgehead atoms. The molecule has 0 atom stereocenters. The highest BCUT2D eigenvalue weighted by Gasteiger charge is 2.15. The molecule has 0 fully saturated rings. The molecule has 0 aliphatic carbocycles. The number of nitrogens with zero attached hydrogens (tertiary/aromatic N) is 2. The van der Waals surface area contributed by atoms with Crippen LogP contribution in [0.2, 0.25) is 5.02 Å². The first-order chi connectivity index (χ1) is 8.60. The summed E-state index contributed by atoms with van der Waals surface area (Å²) in [4.78, 5) is 12.0. The van der Waals surface area contributed by atoms with Gasteiger partial charge in [0, 0.05) is 18.4 Å². The van der Waals surface area contributed by atoms with Gasteiger partial charge in [-0.05, 0) is 26.0 Å². The Balaban J connectivity index is 2.16. The van der Waals surface area contributed by atoms with Gasteiger partial charge in [-0.25, -0.2) is 0 Å². The van der Waals surface area contributed by atoms with Crippen molar-refractivity contribution in [3.05, 3.63) is 46.7 Å². The number of halogens is 1. The van der Waals surface area contributed by atoms with E-state index in [-0.39, 0.29) is 11.6 Å². The number of hydrogen-bond acceptors (Lipinski definition) is 2. The topological polar surface area (TPSA) is 46.9 Å². The number of anilines is 1. The first-order valence-electron chi connectivity index (χ1n) is 5.71. The van der Waals surface area contributed by atoms with Crippen molar-refractivity contribution in [3.8, 4) is 0 Å². The van der Waals surface area contributed by atoms with Gasteiger partial charge in [0.2, 0.25) is 0 Å². The molecule has 2 aromatic rings. The summed E-state index contributed by atoms with van der Waals surface area (Å²) < 4.78 is 1.63. The highest BCUT2D eigenvalue weighted by atomic mass is 35.5. The fraction of sp³-hybridized carbons (Fsp3) is 0.231. The van der Waals surface area contributed by atoms with Gasteiger partial charge < -0.3 is 5.32 Å². The summed E-state index contributed by atoms with van der Waals surface area (Å²) in [5, 5.41) is 7.24. The zero-order valence-corrected chi connectivity index (χ0v) is 11.0. The Morgan fingerprint density at radius 2 is 2.06 bits per heavy atom. The smallest absolute Gasteiger partial charge is 0.277 e. The number of hydrogen-bond donors (Lipinski definition) is 1. The summed E-state index contributed by atoms with van der Waals surface area (Å²) in [6.07, 6.45) is 1.64. The molecule has 0 aliphatic rings. The molecule has 0 unspecified atom stereocenters. The minimum absolute atomic E-state index is 0.249. The van der Waals surface area contributed by atoms with Crippen LogP contribution in [0.25, 0.3) is 0 Å². The number of carbonyl (C=O) groups excluding carboxylic acids is 1. The third-order valence-corrected chi connectivity index (χ3v) is 2.84. The van der Waals surface area contributed by atoms with E-state index in [2.05, 4.69) is 10.4 Å². The number of aromatic nitrogens is 2. The van der Waals surface area contributed by atoms with Gasteiger partial charge in [0.15, 0.2) is 5.69 Å². The van der Waals surface area contributed by atoms with E-state index < -0.39 is 0 Å². The molecular formula is C13H14ClN3O. The minimum Gasteiger partial charge on any atom is -0.321 e. The van der Waals surface area contributed by atoms with E-state index in [1.54, 1.807) is 10.9 Å². The molecule has 4 nitrogen and oxygen atoms in total. The Labute approximate surface area is 111 Å². The maximum Gasteiger partial charge on any atom is 0.277 e. The lowest BCUT2D eigenvalue weighted by molar-refractivity contribution is 0.102. The van der Waals surface area contributed by atoms with Gasteiger partial charge in [-0.3, -0.25) is 9.48 Å². The molecule has 2 rings (SSSR count). The normalized spacial score (nSPS) is 10.4. The van der Waals surface area contributed by atoms with E-state index in [4.69, 9.17) is 11.6 Å². The van der Waals surface area contributed by atoms with E-state index >= 15 is 0 Å². The van der Waals surface area contributed by atoms with E-state index in [0.29, 0.717) is 11.6 Å². The van der Waals surface area contributed by atoms with Gasteiger partial charge in [0.1, 0.15) is 0 Å². The predicted molar refractivity (Wildman–Crippen MR) is 72.0 cm³/mol. The molecule has 18 heavy (non-hydrogen) atoms. The summed E-state index contributed by atoms with van der Waals surface area (Å²) in [5.41, 5.74) is 2.12. The summed E-state index contributed by atoms with van der Waals surface area (Å²) in [7, 11) is 0. The molecule has 1 N–H and O–H groups in total. The summed E-state index contributed by atoms with van der Waals surface area (Å²) in [6, 6.07) is 7.56. The van der Waals surface area contributed by atoms with Crippen LogP contribution in [-0.2, 0) is 6.54 Å². The zero-order chi connectivity index (χ0) is 13.1. The van der Waals surface area contributed by atoms with Gasteiger partial charge in [-0.15, -0.1) is 0 Å². The zero-order valence-electron chi connectivity index (χ0n) is 10.3. The molecular weight excluding hydrogens is 250 g/mol. The lowest BCUT2D eigenvalue weighted by Gasteiger charge is -2.03. The van der Waals surface area contributed by atoms with Crippen LogP contribution in [0.5, 0.6) is 0 Å². The fourth-order valence-corrected chi connectivity index (χ4v) is 1.78. The molecule has 0 radical (unpaired) electrons. The van der Waals surface area contributed by atoms with Crippen LogP contribution in [0.15, 0.2) is 30.5 Å². The fourth-order valence-electron chi connectivity index (χ4n) is 1.54. The van der Waals surface area contributed by atoms with Gasteiger partial charge in [0.05, 0.1) is 5.02 Å². The van der Waals surface area contributed by atoms with Crippen molar-refractivity contribution in [2.45, 2.75) is 20.4 Å². The van der Waals surface area contributed by atoms with E-state index in [1.807, 2.05) is 38.1 Å². The second-order valence-corrected chi connectivity index (χ2v) is 4.41. The Morgan fingerprint density at radius 1 is 1.39 bits per heavy atom. The first-order valence-corrected chi connectivity index (χ1v) is 6.09. The van der Waals surface area contributed by atoms with E-state index in [1.165, 1.54) is 0 Å². The molecule has 0 spiro atoms. The van der Waals surface area contributed by atoms with Crippen LogP contribution in [0.4, 0.5) is 5.69 Å². The average molecular weight is 264 g/mol. The SMILES string of the molecule is CCn1cc(Cl)c(C(=O)Nc2ccc(C)cc2)n1. The van der Waals surface area contributed by atoms with Crippen molar-refractivity contribution in [1.29, 1.82) is 0 Å². The van der Waals surface area contributed by atoms with Crippen LogP contribution in [0, 0.1) is 6.92 Å². The maximum atomic E-state index is 12.0. The highest BCUT2D eigenvalue weighted by molar-refractivity contribution is 6.34. The minimum atomic E-state index is -0.295. The van der Waals surface area contributed by atoms with E-state index in [0.717, 1.165) is 11.3 Å². The van der Waals surface area contributed by atoms with Crippen molar-refractivity contribution < 1.29 is 4.79 Å². The van der Waals surface area contributed by atoms with E-state index in [9.17, 15) is 4.79 Å². The Morgan fingerprint density at radius 3 is 2.61 bits per heavy atom. The molecule has 0 saturated heterocycles.